The van der Waals surface area contributed by atoms with E-state index in [2.05, 4.69) is 35.8 Å². The molecule has 0 saturated carbocycles. The van der Waals surface area contributed by atoms with Crippen molar-refractivity contribution in [2.45, 2.75) is 36.6 Å². The Morgan fingerprint density at radius 2 is 1.73 bits per heavy atom. The molecule has 33 heavy (non-hydrogen) atoms. The number of phenolic OH excluding ortho intramolecular Hbond substituents is 1. The molecule has 4 rings (SSSR count). The molecule has 3 aromatic carbocycles. The second-order valence-corrected chi connectivity index (χ2v) is 9.91. The standard InChI is InChI=1S/C27H32N2O3S/c1-20-13-14-26-27(21(20)2)29(23-10-5-7-12-25(23)33(26)31)16-8-15-28(17-18-32-3)19-22-9-4-6-11-24(22)30/h4-7,9-14,30H,8,15-19H2,1-3H3. The molecule has 1 unspecified atom stereocenters. The maximum absolute atomic E-state index is 13.3. The van der Waals surface area contributed by atoms with Crippen molar-refractivity contribution >= 4 is 22.2 Å². The first-order chi connectivity index (χ1) is 16.0. The Labute approximate surface area is 199 Å². The van der Waals surface area contributed by atoms with Crippen molar-refractivity contribution in [2.24, 2.45) is 0 Å². The number of fused-ring (bicyclic) bond motifs is 2. The van der Waals surface area contributed by atoms with E-state index in [1.165, 1.54) is 11.1 Å². The van der Waals surface area contributed by atoms with Gasteiger partial charge in [0, 0.05) is 38.9 Å². The minimum absolute atomic E-state index is 0.326. The van der Waals surface area contributed by atoms with Crippen LogP contribution in [0.2, 0.25) is 0 Å². The maximum Gasteiger partial charge on any atom is 0.120 e. The van der Waals surface area contributed by atoms with Crippen LogP contribution in [0, 0.1) is 13.8 Å². The normalized spacial score (nSPS) is 14.9. The molecule has 0 bridgehead atoms. The van der Waals surface area contributed by atoms with Crippen molar-refractivity contribution < 1.29 is 14.1 Å². The molecule has 0 radical (unpaired) electrons. The zero-order valence-corrected chi connectivity index (χ0v) is 20.4. The van der Waals surface area contributed by atoms with Crippen molar-refractivity contribution in [1.82, 2.24) is 4.90 Å². The van der Waals surface area contributed by atoms with E-state index in [1.54, 1.807) is 13.2 Å². The number of aromatic hydroxyl groups is 1. The van der Waals surface area contributed by atoms with E-state index in [0.717, 1.165) is 52.8 Å². The lowest BCUT2D eigenvalue weighted by Gasteiger charge is -2.35. The third-order valence-electron chi connectivity index (χ3n) is 6.34. The Morgan fingerprint density at radius 1 is 0.970 bits per heavy atom. The third kappa shape index (κ3) is 4.98. The van der Waals surface area contributed by atoms with Gasteiger partial charge in [-0.2, -0.15) is 0 Å². The Morgan fingerprint density at radius 3 is 2.52 bits per heavy atom. The van der Waals surface area contributed by atoms with Crippen molar-refractivity contribution in [1.29, 1.82) is 0 Å². The van der Waals surface area contributed by atoms with Gasteiger partial charge in [-0.1, -0.05) is 36.4 Å². The first-order valence-electron chi connectivity index (χ1n) is 11.4. The SMILES string of the molecule is COCCN(CCCN1c2ccccc2S(=O)c2ccc(C)c(C)c21)Cc1ccccc1O. The van der Waals surface area contributed by atoms with Gasteiger partial charge in [0.15, 0.2) is 0 Å². The van der Waals surface area contributed by atoms with Crippen LogP contribution in [0.25, 0.3) is 0 Å². The van der Waals surface area contributed by atoms with Gasteiger partial charge in [-0.05, 0) is 55.7 Å². The van der Waals surface area contributed by atoms with Crippen LogP contribution >= 0.6 is 0 Å². The molecule has 0 aliphatic carbocycles. The number of phenols is 1. The van der Waals surface area contributed by atoms with Gasteiger partial charge < -0.3 is 14.7 Å². The summed E-state index contributed by atoms with van der Waals surface area (Å²) in [5.41, 5.74) is 5.42. The highest BCUT2D eigenvalue weighted by Crippen LogP contribution is 2.44. The topological polar surface area (TPSA) is 53.0 Å². The van der Waals surface area contributed by atoms with Crippen LogP contribution in [0.15, 0.2) is 70.5 Å². The molecule has 1 atom stereocenters. The molecule has 0 spiro atoms. The first kappa shape index (κ1) is 23.5. The van der Waals surface area contributed by atoms with E-state index in [1.807, 2.05) is 42.5 Å². The number of methoxy groups -OCH3 is 1. The number of aryl methyl sites for hydroxylation is 1. The molecule has 3 aromatic rings. The predicted molar refractivity (Wildman–Crippen MR) is 134 cm³/mol. The Kier molecular flexibility index (Phi) is 7.48. The van der Waals surface area contributed by atoms with Crippen molar-refractivity contribution in [2.75, 3.05) is 38.3 Å². The number of benzene rings is 3. The highest BCUT2D eigenvalue weighted by molar-refractivity contribution is 7.85. The van der Waals surface area contributed by atoms with Crippen LogP contribution in [0.1, 0.15) is 23.1 Å². The summed E-state index contributed by atoms with van der Waals surface area (Å²) in [5, 5.41) is 10.2. The number of anilines is 2. The molecule has 1 aliphatic heterocycles. The van der Waals surface area contributed by atoms with Crippen molar-refractivity contribution in [3.63, 3.8) is 0 Å². The quantitative estimate of drug-likeness (QED) is 0.474. The van der Waals surface area contributed by atoms with Crippen LogP contribution in [0.4, 0.5) is 11.4 Å². The van der Waals surface area contributed by atoms with E-state index < -0.39 is 10.8 Å². The van der Waals surface area contributed by atoms with Gasteiger partial charge in [0.25, 0.3) is 0 Å². The van der Waals surface area contributed by atoms with Gasteiger partial charge in [-0.3, -0.25) is 4.90 Å². The molecule has 0 saturated heterocycles. The van der Waals surface area contributed by atoms with Crippen LogP contribution < -0.4 is 4.90 Å². The first-order valence-corrected chi connectivity index (χ1v) is 12.5. The molecule has 0 aromatic heterocycles. The van der Waals surface area contributed by atoms with Crippen LogP contribution in [-0.2, 0) is 22.1 Å². The van der Waals surface area contributed by atoms with Gasteiger partial charge in [0.1, 0.15) is 5.75 Å². The molecule has 1 heterocycles. The average molecular weight is 465 g/mol. The van der Waals surface area contributed by atoms with Crippen LogP contribution in [-0.4, -0.2) is 47.6 Å². The van der Waals surface area contributed by atoms with E-state index >= 15 is 0 Å². The summed E-state index contributed by atoms with van der Waals surface area (Å²) in [6, 6.07) is 19.6. The zero-order chi connectivity index (χ0) is 23.4. The number of nitrogens with zero attached hydrogens (tertiary/aromatic N) is 2. The molecular weight excluding hydrogens is 432 g/mol. The molecular formula is C27H32N2O3S. The average Bonchev–Trinajstić information content (AvgIpc) is 2.83. The van der Waals surface area contributed by atoms with E-state index in [0.29, 0.717) is 18.9 Å². The molecule has 0 fully saturated rings. The van der Waals surface area contributed by atoms with Crippen molar-refractivity contribution in [3.8, 4) is 5.75 Å². The minimum Gasteiger partial charge on any atom is -0.508 e. The highest BCUT2D eigenvalue weighted by Gasteiger charge is 2.29. The Bertz CT molecular complexity index is 1150. The monoisotopic (exact) mass is 464 g/mol. The van der Waals surface area contributed by atoms with Gasteiger partial charge >= 0.3 is 0 Å². The molecule has 0 amide bonds. The minimum atomic E-state index is -1.17. The highest BCUT2D eigenvalue weighted by atomic mass is 32.2. The number of hydrogen-bond acceptors (Lipinski definition) is 5. The third-order valence-corrected chi connectivity index (χ3v) is 7.82. The predicted octanol–water partition coefficient (Wildman–Crippen LogP) is 5.17. The lowest BCUT2D eigenvalue weighted by Crippen LogP contribution is -2.32. The molecule has 1 N–H and O–H groups in total. The summed E-state index contributed by atoms with van der Waals surface area (Å²) in [6.45, 7) is 8.01. The van der Waals surface area contributed by atoms with E-state index in [4.69, 9.17) is 4.74 Å². The largest absolute Gasteiger partial charge is 0.508 e. The van der Waals surface area contributed by atoms with Crippen LogP contribution in [0.5, 0.6) is 5.75 Å². The summed E-state index contributed by atoms with van der Waals surface area (Å²) in [6.07, 6.45) is 0.922. The molecule has 1 aliphatic rings. The number of rotatable bonds is 9. The number of ether oxygens (including phenoxy) is 1. The molecule has 174 valence electrons. The lowest BCUT2D eigenvalue weighted by molar-refractivity contribution is 0.143. The summed E-state index contributed by atoms with van der Waals surface area (Å²) in [7, 11) is 0.540. The number of hydrogen-bond donors (Lipinski definition) is 1. The second kappa shape index (κ2) is 10.5. The second-order valence-electron chi connectivity index (χ2n) is 8.49. The number of para-hydroxylation sites is 2. The van der Waals surface area contributed by atoms with Gasteiger partial charge in [-0.25, -0.2) is 4.21 Å². The van der Waals surface area contributed by atoms with Gasteiger partial charge in [0.05, 0.1) is 38.6 Å². The Hall–Kier alpha value is -2.67. The fourth-order valence-corrected chi connectivity index (χ4v) is 5.84. The summed E-state index contributed by atoms with van der Waals surface area (Å²) >= 11 is 0. The van der Waals surface area contributed by atoms with Crippen molar-refractivity contribution in [3.05, 3.63) is 77.4 Å². The fourth-order valence-electron chi connectivity index (χ4n) is 4.40. The zero-order valence-electron chi connectivity index (χ0n) is 19.6. The van der Waals surface area contributed by atoms with E-state index in [-0.39, 0.29) is 0 Å². The van der Waals surface area contributed by atoms with Gasteiger partial charge in [0.2, 0.25) is 0 Å². The van der Waals surface area contributed by atoms with Gasteiger partial charge in [-0.15, -0.1) is 0 Å². The van der Waals surface area contributed by atoms with E-state index in [9.17, 15) is 9.32 Å². The molecule has 5 nitrogen and oxygen atoms in total. The smallest absolute Gasteiger partial charge is 0.120 e. The lowest BCUT2D eigenvalue weighted by atomic mass is 10.1. The summed E-state index contributed by atoms with van der Waals surface area (Å²) < 4.78 is 18.6. The summed E-state index contributed by atoms with van der Waals surface area (Å²) in [5.74, 6) is 0.326. The fraction of sp³-hybridized carbons (Fsp3) is 0.333. The summed E-state index contributed by atoms with van der Waals surface area (Å²) in [4.78, 5) is 6.42. The Balaban J connectivity index is 1.56. The van der Waals surface area contributed by atoms with Crippen LogP contribution in [0.3, 0.4) is 0 Å². The molecule has 6 heteroatoms. The maximum atomic E-state index is 13.3.